The first-order valence-corrected chi connectivity index (χ1v) is 9.10. The van der Waals surface area contributed by atoms with Crippen LogP contribution in [0.2, 0.25) is 0 Å². The number of aliphatic carboxylic acids is 1. The van der Waals surface area contributed by atoms with Gasteiger partial charge in [0.2, 0.25) is 5.50 Å². The van der Waals surface area contributed by atoms with Crippen LogP contribution in [-0.2, 0) is 18.8 Å². The highest BCUT2D eigenvalue weighted by atomic mass is 16.7. The molecule has 2 aliphatic heterocycles. The molecule has 1 aromatic carbocycles. The van der Waals surface area contributed by atoms with E-state index in [4.69, 9.17) is 18.8 Å². The largest absolute Gasteiger partial charge is 0.517 e. The van der Waals surface area contributed by atoms with E-state index in [2.05, 4.69) is 0 Å². The molecular formula is C19H27BO6. The van der Waals surface area contributed by atoms with Crippen LogP contribution >= 0.6 is 0 Å². The van der Waals surface area contributed by atoms with E-state index >= 15 is 0 Å². The second-order valence-electron chi connectivity index (χ2n) is 8.02. The SMILES string of the molecule is CC1(C)OB(C(Oc2ccccc2)(C(=O)O)C2CCCOC2)OC1(C)C. The smallest absolute Gasteiger partial charge is 0.479 e. The van der Waals surface area contributed by atoms with Crippen molar-refractivity contribution in [2.45, 2.75) is 57.2 Å². The number of para-hydroxylation sites is 1. The van der Waals surface area contributed by atoms with E-state index in [0.717, 1.165) is 6.42 Å². The maximum Gasteiger partial charge on any atom is 0.517 e. The van der Waals surface area contributed by atoms with E-state index in [9.17, 15) is 9.90 Å². The highest BCUT2D eigenvalue weighted by Gasteiger charge is 2.68. The van der Waals surface area contributed by atoms with Gasteiger partial charge in [0.25, 0.3) is 0 Å². The number of carboxylic acid groups (broad SMARTS) is 1. The molecule has 2 saturated heterocycles. The lowest BCUT2D eigenvalue weighted by Gasteiger charge is -2.39. The molecule has 2 aliphatic rings. The fraction of sp³-hybridized carbons (Fsp3) is 0.632. The van der Waals surface area contributed by atoms with Gasteiger partial charge in [-0.2, -0.15) is 0 Å². The van der Waals surface area contributed by atoms with Crippen molar-refractivity contribution in [1.82, 2.24) is 0 Å². The fourth-order valence-electron chi connectivity index (χ4n) is 3.42. The summed E-state index contributed by atoms with van der Waals surface area (Å²) in [5.74, 6) is -1.02. The third-order valence-electron chi connectivity index (χ3n) is 5.73. The van der Waals surface area contributed by atoms with Crippen LogP contribution in [0.25, 0.3) is 0 Å². The highest BCUT2D eigenvalue weighted by molar-refractivity contribution is 6.55. The predicted octanol–water partition coefficient (Wildman–Crippen LogP) is 2.95. The van der Waals surface area contributed by atoms with Gasteiger partial charge in [-0.3, -0.25) is 0 Å². The van der Waals surface area contributed by atoms with Crippen LogP contribution < -0.4 is 4.74 Å². The maximum atomic E-state index is 12.6. The average molecular weight is 362 g/mol. The van der Waals surface area contributed by atoms with Crippen molar-refractivity contribution in [2.75, 3.05) is 13.2 Å². The minimum absolute atomic E-state index is 0.295. The molecule has 1 N–H and O–H groups in total. The highest BCUT2D eigenvalue weighted by Crippen LogP contribution is 2.44. The molecule has 142 valence electrons. The number of hydrogen-bond donors (Lipinski definition) is 1. The molecule has 6 nitrogen and oxygen atoms in total. The van der Waals surface area contributed by atoms with E-state index in [1.165, 1.54) is 0 Å². The zero-order valence-corrected chi connectivity index (χ0v) is 15.9. The summed E-state index contributed by atoms with van der Waals surface area (Å²) in [6.45, 7) is 8.53. The second-order valence-corrected chi connectivity index (χ2v) is 8.02. The van der Waals surface area contributed by atoms with Gasteiger partial charge in [0, 0.05) is 12.5 Å². The van der Waals surface area contributed by atoms with Gasteiger partial charge in [0.05, 0.1) is 17.8 Å². The molecule has 2 heterocycles. The number of hydrogen-bond acceptors (Lipinski definition) is 5. The molecule has 0 amide bonds. The van der Waals surface area contributed by atoms with Crippen LogP contribution in [0, 0.1) is 5.92 Å². The van der Waals surface area contributed by atoms with Crippen molar-refractivity contribution in [3.05, 3.63) is 30.3 Å². The molecule has 0 bridgehead atoms. The molecule has 1 aromatic rings. The van der Waals surface area contributed by atoms with E-state index in [0.29, 0.717) is 25.4 Å². The summed E-state index contributed by atoms with van der Waals surface area (Å²) in [5, 5.41) is 10.3. The molecule has 2 fully saturated rings. The van der Waals surface area contributed by atoms with Gasteiger partial charge in [-0.05, 0) is 52.7 Å². The molecule has 0 spiro atoms. The predicted molar refractivity (Wildman–Crippen MR) is 97.1 cm³/mol. The van der Waals surface area contributed by atoms with Crippen molar-refractivity contribution >= 4 is 13.1 Å². The van der Waals surface area contributed by atoms with Crippen LogP contribution in [0.4, 0.5) is 0 Å². The van der Waals surface area contributed by atoms with Gasteiger partial charge in [-0.25, -0.2) is 4.79 Å². The molecule has 0 aromatic heterocycles. The van der Waals surface area contributed by atoms with Gasteiger partial charge in [0.1, 0.15) is 5.75 Å². The van der Waals surface area contributed by atoms with Crippen molar-refractivity contribution < 1.29 is 28.7 Å². The minimum Gasteiger partial charge on any atom is -0.479 e. The van der Waals surface area contributed by atoms with E-state index in [1.807, 2.05) is 45.9 Å². The van der Waals surface area contributed by atoms with E-state index in [-0.39, 0.29) is 5.92 Å². The zero-order chi connectivity index (χ0) is 19.0. The van der Waals surface area contributed by atoms with Crippen LogP contribution in [-0.4, -0.2) is 48.1 Å². The van der Waals surface area contributed by atoms with Crippen molar-refractivity contribution in [3.63, 3.8) is 0 Å². The van der Waals surface area contributed by atoms with Crippen molar-refractivity contribution in [3.8, 4) is 5.75 Å². The third-order valence-corrected chi connectivity index (χ3v) is 5.73. The molecule has 0 saturated carbocycles. The monoisotopic (exact) mass is 362 g/mol. The summed E-state index contributed by atoms with van der Waals surface area (Å²) in [6.07, 6.45) is 1.45. The Morgan fingerprint density at radius 3 is 2.31 bits per heavy atom. The molecule has 26 heavy (non-hydrogen) atoms. The number of carbonyl (C=O) groups is 1. The van der Waals surface area contributed by atoms with Crippen LogP contribution in [0.1, 0.15) is 40.5 Å². The van der Waals surface area contributed by atoms with Crippen LogP contribution in [0.3, 0.4) is 0 Å². The molecule has 0 radical (unpaired) electrons. The quantitative estimate of drug-likeness (QED) is 0.812. The van der Waals surface area contributed by atoms with Crippen LogP contribution in [0.5, 0.6) is 5.75 Å². The summed E-state index contributed by atoms with van der Waals surface area (Å²) in [6, 6.07) is 8.96. The summed E-state index contributed by atoms with van der Waals surface area (Å²) in [4.78, 5) is 12.6. The van der Waals surface area contributed by atoms with Gasteiger partial charge in [-0.15, -0.1) is 0 Å². The van der Waals surface area contributed by atoms with Gasteiger partial charge < -0.3 is 23.9 Å². The summed E-state index contributed by atoms with van der Waals surface area (Å²) >= 11 is 0. The molecule has 2 unspecified atom stereocenters. The summed E-state index contributed by atoms with van der Waals surface area (Å²) < 4.78 is 24.0. The topological polar surface area (TPSA) is 74.2 Å². The van der Waals surface area contributed by atoms with Gasteiger partial charge in [0.15, 0.2) is 0 Å². The Labute approximate surface area is 154 Å². The lowest BCUT2D eigenvalue weighted by atomic mass is 9.58. The Hall–Kier alpha value is -1.57. The number of benzene rings is 1. The Bertz CT molecular complexity index is 625. The first kappa shape index (κ1) is 19.2. The second kappa shape index (κ2) is 6.87. The number of carboxylic acids is 1. The lowest BCUT2D eigenvalue weighted by Crippen LogP contribution is -2.65. The first-order valence-electron chi connectivity index (χ1n) is 9.10. The Morgan fingerprint density at radius 2 is 1.81 bits per heavy atom. The fourth-order valence-corrected chi connectivity index (χ4v) is 3.42. The Morgan fingerprint density at radius 1 is 1.19 bits per heavy atom. The summed E-state index contributed by atoms with van der Waals surface area (Å²) in [5.41, 5.74) is -3.01. The average Bonchev–Trinajstić information content (AvgIpc) is 2.82. The van der Waals surface area contributed by atoms with Crippen LogP contribution in [0.15, 0.2) is 30.3 Å². The van der Waals surface area contributed by atoms with Gasteiger partial charge >= 0.3 is 13.1 Å². The minimum atomic E-state index is -1.69. The first-order chi connectivity index (χ1) is 12.2. The Balaban J connectivity index is 2.04. The Kier molecular flexibility index (Phi) is 5.07. The van der Waals surface area contributed by atoms with Crippen molar-refractivity contribution in [2.24, 2.45) is 5.92 Å². The van der Waals surface area contributed by atoms with E-state index in [1.54, 1.807) is 12.1 Å². The number of rotatable bonds is 5. The maximum absolute atomic E-state index is 12.6. The van der Waals surface area contributed by atoms with Crippen molar-refractivity contribution in [1.29, 1.82) is 0 Å². The standard InChI is InChI=1S/C19H27BO6/c1-17(2)18(3,4)26-20(25-17)19(16(21)22,14-9-8-12-23-13-14)24-15-10-6-5-7-11-15/h5-7,10-11,14H,8-9,12-13H2,1-4H3,(H,21,22). The lowest BCUT2D eigenvalue weighted by molar-refractivity contribution is -0.158. The molecule has 3 rings (SSSR count). The molecule has 0 aliphatic carbocycles. The number of ether oxygens (including phenoxy) is 2. The van der Waals surface area contributed by atoms with E-state index < -0.39 is 29.8 Å². The molecule has 7 heteroatoms. The third kappa shape index (κ3) is 3.24. The molecular weight excluding hydrogens is 335 g/mol. The summed E-state index contributed by atoms with van der Waals surface area (Å²) in [7, 11) is -1.04. The van der Waals surface area contributed by atoms with Gasteiger partial charge in [-0.1, -0.05) is 18.2 Å². The molecule has 2 atom stereocenters. The normalized spacial score (nSPS) is 26.9. The zero-order valence-electron chi connectivity index (χ0n) is 15.9.